The Morgan fingerprint density at radius 1 is 1.22 bits per heavy atom. The van der Waals surface area contributed by atoms with Crippen LogP contribution in [0.3, 0.4) is 0 Å². The largest absolute Gasteiger partial charge is 0.473 e. The molecule has 0 saturated carbocycles. The van der Waals surface area contributed by atoms with Crippen molar-refractivity contribution >= 4 is 5.84 Å². The quantitative estimate of drug-likeness (QED) is 0.640. The Morgan fingerprint density at radius 3 is 2.72 bits per heavy atom. The first kappa shape index (κ1) is 12.0. The number of nitrogens with one attached hydrogen (secondary N) is 1. The van der Waals surface area contributed by atoms with Crippen molar-refractivity contribution in [3.05, 3.63) is 59.5 Å². The molecule has 0 amide bonds. The summed E-state index contributed by atoms with van der Waals surface area (Å²) in [6.45, 7) is 0.0844. The average Bonchev–Trinajstić information content (AvgIpc) is 2.38. The van der Waals surface area contributed by atoms with Crippen molar-refractivity contribution < 1.29 is 9.13 Å². The third-order valence-electron chi connectivity index (χ3n) is 2.33. The van der Waals surface area contributed by atoms with E-state index in [-0.39, 0.29) is 18.3 Å². The highest BCUT2D eigenvalue weighted by Gasteiger charge is 2.04. The van der Waals surface area contributed by atoms with Crippen LogP contribution in [0.4, 0.5) is 4.39 Å². The van der Waals surface area contributed by atoms with Crippen molar-refractivity contribution in [2.24, 2.45) is 5.73 Å². The molecule has 5 heteroatoms. The number of hydrogen-bond donors (Lipinski definition) is 2. The lowest BCUT2D eigenvalue weighted by Gasteiger charge is -2.07. The summed E-state index contributed by atoms with van der Waals surface area (Å²) < 4.78 is 18.7. The molecule has 0 spiro atoms. The van der Waals surface area contributed by atoms with Gasteiger partial charge in [0, 0.05) is 11.6 Å². The van der Waals surface area contributed by atoms with Gasteiger partial charge in [0.15, 0.2) is 0 Å². The molecule has 0 aliphatic carbocycles. The number of pyridine rings is 1. The maximum absolute atomic E-state index is 13.3. The van der Waals surface area contributed by atoms with Crippen LogP contribution in [0.2, 0.25) is 0 Å². The number of hydrogen-bond acceptors (Lipinski definition) is 3. The molecule has 0 radical (unpaired) electrons. The highest BCUT2D eigenvalue weighted by molar-refractivity contribution is 5.93. The molecule has 18 heavy (non-hydrogen) atoms. The number of nitrogens with zero attached hydrogens (tertiary/aromatic N) is 1. The van der Waals surface area contributed by atoms with Gasteiger partial charge >= 0.3 is 0 Å². The van der Waals surface area contributed by atoms with Gasteiger partial charge in [-0.3, -0.25) is 5.41 Å². The molecular formula is C13H12FN3O. The predicted octanol–water partition coefficient (Wildman–Crippen LogP) is 2.08. The molecule has 2 aromatic rings. The van der Waals surface area contributed by atoms with Gasteiger partial charge in [-0.15, -0.1) is 0 Å². The highest BCUT2D eigenvalue weighted by Crippen LogP contribution is 2.12. The van der Waals surface area contributed by atoms with Gasteiger partial charge in [-0.05, 0) is 12.1 Å². The molecule has 0 aliphatic heterocycles. The number of rotatable bonds is 4. The van der Waals surface area contributed by atoms with Gasteiger partial charge in [0.2, 0.25) is 5.88 Å². The predicted molar refractivity (Wildman–Crippen MR) is 66.0 cm³/mol. The van der Waals surface area contributed by atoms with E-state index in [9.17, 15) is 4.39 Å². The highest BCUT2D eigenvalue weighted by atomic mass is 19.1. The zero-order chi connectivity index (χ0) is 13.0. The van der Waals surface area contributed by atoms with Crippen LogP contribution in [0.15, 0.2) is 42.5 Å². The second-order valence-electron chi connectivity index (χ2n) is 3.65. The van der Waals surface area contributed by atoms with Crippen molar-refractivity contribution in [2.75, 3.05) is 0 Å². The van der Waals surface area contributed by atoms with Crippen molar-refractivity contribution in [3.8, 4) is 5.88 Å². The molecule has 1 aromatic heterocycles. The monoisotopic (exact) mass is 245 g/mol. The van der Waals surface area contributed by atoms with E-state index in [4.69, 9.17) is 15.9 Å². The zero-order valence-corrected chi connectivity index (χ0v) is 9.56. The molecule has 0 bridgehead atoms. The first-order chi connectivity index (χ1) is 8.66. The third kappa shape index (κ3) is 2.82. The molecule has 92 valence electrons. The van der Waals surface area contributed by atoms with E-state index in [1.165, 1.54) is 6.07 Å². The van der Waals surface area contributed by atoms with E-state index < -0.39 is 0 Å². The topological polar surface area (TPSA) is 72.0 Å². The lowest BCUT2D eigenvalue weighted by Crippen LogP contribution is -2.13. The van der Waals surface area contributed by atoms with Gasteiger partial charge in [0.25, 0.3) is 0 Å². The SMILES string of the molecule is N=C(N)c1cccc(OCc2ccccc2F)n1. The fourth-order valence-corrected chi connectivity index (χ4v) is 1.41. The van der Waals surface area contributed by atoms with Crippen molar-refractivity contribution in [2.45, 2.75) is 6.61 Å². The number of ether oxygens (including phenoxy) is 1. The average molecular weight is 245 g/mol. The minimum Gasteiger partial charge on any atom is -0.473 e. The zero-order valence-electron chi connectivity index (χ0n) is 9.56. The van der Waals surface area contributed by atoms with Crippen LogP contribution in [0.25, 0.3) is 0 Å². The van der Waals surface area contributed by atoms with Crippen molar-refractivity contribution in [1.82, 2.24) is 4.98 Å². The van der Waals surface area contributed by atoms with Gasteiger partial charge in [-0.2, -0.15) is 0 Å². The number of nitrogens with two attached hydrogens (primary N) is 1. The fourth-order valence-electron chi connectivity index (χ4n) is 1.41. The fraction of sp³-hybridized carbons (Fsp3) is 0.0769. The van der Waals surface area contributed by atoms with E-state index in [1.54, 1.807) is 36.4 Å². The van der Waals surface area contributed by atoms with E-state index in [0.29, 0.717) is 17.1 Å². The molecule has 0 unspecified atom stereocenters. The Kier molecular flexibility index (Phi) is 3.52. The number of halogens is 1. The van der Waals surface area contributed by atoms with E-state index in [0.717, 1.165) is 0 Å². The van der Waals surface area contributed by atoms with Crippen LogP contribution in [0.1, 0.15) is 11.3 Å². The van der Waals surface area contributed by atoms with Crippen molar-refractivity contribution in [1.29, 1.82) is 5.41 Å². The lowest BCUT2D eigenvalue weighted by molar-refractivity contribution is 0.288. The first-order valence-corrected chi connectivity index (χ1v) is 5.34. The lowest BCUT2D eigenvalue weighted by atomic mass is 10.2. The maximum Gasteiger partial charge on any atom is 0.214 e. The molecule has 2 rings (SSSR count). The molecule has 4 nitrogen and oxygen atoms in total. The van der Waals surface area contributed by atoms with Crippen LogP contribution < -0.4 is 10.5 Å². The summed E-state index contributed by atoms with van der Waals surface area (Å²) in [5.74, 6) is -0.141. The number of benzene rings is 1. The van der Waals surface area contributed by atoms with E-state index >= 15 is 0 Å². The number of nitrogen functional groups attached to an aromatic ring is 1. The van der Waals surface area contributed by atoms with Gasteiger partial charge in [-0.25, -0.2) is 9.37 Å². The summed E-state index contributed by atoms with van der Waals surface area (Å²) in [6.07, 6.45) is 0. The maximum atomic E-state index is 13.3. The second kappa shape index (κ2) is 5.27. The van der Waals surface area contributed by atoms with Crippen LogP contribution >= 0.6 is 0 Å². The second-order valence-corrected chi connectivity index (χ2v) is 3.65. The van der Waals surface area contributed by atoms with Gasteiger partial charge in [-0.1, -0.05) is 24.3 Å². The minimum atomic E-state index is -0.319. The molecule has 0 fully saturated rings. The molecule has 0 saturated heterocycles. The Morgan fingerprint density at radius 2 is 2.00 bits per heavy atom. The summed E-state index contributed by atoms with van der Waals surface area (Å²) >= 11 is 0. The van der Waals surface area contributed by atoms with Gasteiger partial charge < -0.3 is 10.5 Å². The summed E-state index contributed by atoms with van der Waals surface area (Å²) in [5.41, 5.74) is 6.10. The standard InChI is InChI=1S/C13H12FN3O/c14-10-5-2-1-4-9(10)8-18-12-7-3-6-11(17-12)13(15)16/h1-7H,8H2,(H3,15,16). The normalized spacial score (nSPS) is 10.1. The molecule has 1 aromatic carbocycles. The molecule has 0 atom stereocenters. The Bertz CT molecular complexity index is 572. The van der Waals surface area contributed by atoms with Crippen LogP contribution in [0.5, 0.6) is 5.88 Å². The molecule has 0 aliphatic rings. The summed E-state index contributed by atoms with van der Waals surface area (Å²) in [6, 6.07) is 11.3. The Hall–Kier alpha value is -2.43. The smallest absolute Gasteiger partial charge is 0.214 e. The first-order valence-electron chi connectivity index (χ1n) is 5.34. The summed E-state index contributed by atoms with van der Waals surface area (Å²) in [7, 11) is 0. The molecular weight excluding hydrogens is 233 g/mol. The minimum absolute atomic E-state index is 0.0844. The Balaban J connectivity index is 2.09. The van der Waals surface area contributed by atoms with Crippen LogP contribution in [-0.2, 0) is 6.61 Å². The number of amidine groups is 1. The number of aromatic nitrogens is 1. The van der Waals surface area contributed by atoms with Gasteiger partial charge in [0.1, 0.15) is 24.0 Å². The molecule has 3 N–H and O–H groups in total. The molecule has 1 heterocycles. The van der Waals surface area contributed by atoms with Crippen molar-refractivity contribution in [3.63, 3.8) is 0 Å². The van der Waals surface area contributed by atoms with Crippen LogP contribution in [0, 0.1) is 11.2 Å². The van der Waals surface area contributed by atoms with E-state index in [1.807, 2.05) is 0 Å². The third-order valence-corrected chi connectivity index (χ3v) is 2.33. The Labute approximate surface area is 104 Å². The van der Waals surface area contributed by atoms with Gasteiger partial charge in [0.05, 0.1) is 0 Å². The summed E-state index contributed by atoms with van der Waals surface area (Å²) in [5, 5.41) is 7.26. The van der Waals surface area contributed by atoms with E-state index in [2.05, 4.69) is 4.98 Å². The summed E-state index contributed by atoms with van der Waals surface area (Å²) in [4.78, 5) is 4.02. The van der Waals surface area contributed by atoms with Crippen LogP contribution in [-0.4, -0.2) is 10.8 Å².